The van der Waals surface area contributed by atoms with Gasteiger partial charge in [-0.25, -0.2) is 0 Å². The second-order valence-electron chi connectivity index (χ2n) is 5.54. The minimum absolute atomic E-state index is 0. The highest BCUT2D eigenvalue weighted by Gasteiger charge is 2.30. The molecule has 1 N–H and O–H groups in total. The molecule has 0 saturated heterocycles. The Labute approximate surface area is 136 Å². The Hall–Kier alpha value is -1.10. The molecule has 6 heteroatoms. The Bertz CT molecular complexity index is 584. The fraction of sp³-hybridized carbons (Fsp3) is 0.467. The zero-order valence-electron chi connectivity index (χ0n) is 12.7. The maximum absolute atomic E-state index is 6.06. The van der Waals surface area contributed by atoms with Crippen molar-refractivity contribution in [3.05, 3.63) is 46.6 Å². The van der Waals surface area contributed by atoms with E-state index >= 15 is 0 Å². The van der Waals surface area contributed by atoms with Gasteiger partial charge in [-0.15, -0.1) is 12.4 Å². The van der Waals surface area contributed by atoms with Gasteiger partial charge in [0.2, 0.25) is 5.89 Å². The largest absolute Gasteiger partial charge is 0.338 e. The highest BCUT2D eigenvalue weighted by molar-refractivity contribution is 6.30. The lowest BCUT2D eigenvalue weighted by atomic mass is 9.84. The Morgan fingerprint density at radius 1 is 1.38 bits per heavy atom. The summed E-state index contributed by atoms with van der Waals surface area (Å²) in [5.41, 5.74) is 0.695. The normalized spacial score (nSPS) is 12.8. The molecule has 116 valence electrons. The third-order valence-corrected chi connectivity index (χ3v) is 3.77. The molecule has 0 radical (unpaired) electrons. The van der Waals surface area contributed by atoms with E-state index in [2.05, 4.69) is 36.2 Å². The topological polar surface area (TPSA) is 51.0 Å². The standard InChI is InChI=1S/C15H20ClN3O.ClH/c1-10(17-4)8-13-18-14(20-19-13)15(2,3)11-6-5-7-12(16)9-11;/h5-7,9-10,17H,8H2,1-4H3;1H. The minimum atomic E-state index is -0.362. The van der Waals surface area contributed by atoms with Gasteiger partial charge in [0.1, 0.15) is 0 Å². The van der Waals surface area contributed by atoms with Gasteiger partial charge in [-0.2, -0.15) is 4.98 Å². The first kappa shape index (κ1) is 18.0. The number of rotatable bonds is 5. The second-order valence-corrected chi connectivity index (χ2v) is 5.98. The van der Waals surface area contributed by atoms with Crippen LogP contribution in [0.15, 0.2) is 28.8 Å². The van der Waals surface area contributed by atoms with Crippen LogP contribution in [0.3, 0.4) is 0 Å². The van der Waals surface area contributed by atoms with Gasteiger partial charge in [0.15, 0.2) is 5.82 Å². The number of halogens is 2. The molecule has 0 aliphatic heterocycles. The van der Waals surface area contributed by atoms with E-state index in [0.717, 1.165) is 17.8 Å². The zero-order chi connectivity index (χ0) is 14.8. The Kier molecular flexibility index (Phi) is 6.20. The number of nitrogens with one attached hydrogen (secondary N) is 1. The molecule has 1 unspecified atom stereocenters. The molecule has 2 aromatic rings. The van der Waals surface area contributed by atoms with Crippen LogP contribution in [0.1, 0.15) is 38.0 Å². The van der Waals surface area contributed by atoms with Crippen molar-refractivity contribution < 1.29 is 4.52 Å². The van der Waals surface area contributed by atoms with Crippen molar-refractivity contribution in [3.63, 3.8) is 0 Å². The van der Waals surface area contributed by atoms with Crippen LogP contribution in [-0.2, 0) is 11.8 Å². The van der Waals surface area contributed by atoms with Crippen LogP contribution in [0.25, 0.3) is 0 Å². The van der Waals surface area contributed by atoms with Crippen molar-refractivity contribution in [1.29, 1.82) is 0 Å². The van der Waals surface area contributed by atoms with Crippen molar-refractivity contribution in [2.45, 2.75) is 38.6 Å². The smallest absolute Gasteiger partial charge is 0.236 e. The number of nitrogens with zero attached hydrogens (tertiary/aromatic N) is 2. The molecule has 0 fully saturated rings. The first-order valence-corrected chi connectivity index (χ1v) is 7.07. The number of hydrogen-bond donors (Lipinski definition) is 1. The summed E-state index contributed by atoms with van der Waals surface area (Å²) in [7, 11) is 1.92. The van der Waals surface area contributed by atoms with Gasteiger partial charge >= 0.3 is 0 Å². The third-order valence-electron chi connectivity index (χ3n) is 3.53. The lowest BCUT2D eigenvalue weighted by Gasteiger charge is -2.20. The Morgan fingerprint density at radius 3 is 2.71 bits per heavy atom. The van der Waals surface area contributed by atoms with Crippen molar-refractivity contribution in [2.75, 3.05) is 7.05 Å². The zero-order valence-corrected chi connectivity index (χ0v) is 14.3. The summed E-state index contributed by atoms with van der Waals surface area (Å²) < 4.78 is 5.44. The molecule has 0 saturated carbocycles. The van der Waals surface area contributed by atoms with Crippen LogP contribution < -0.4 is 5.32 Å². The Balaban J connectivity index is 0.00000220. The van der Waals surface area contributed by atoms with Crippen LogP contribution in [0.5, 0.6) is 0 Å². The van der Waals surface area contributed by atoms with E-state index in [1.54, 1.807) is 0 Å². The minimum Gasteiger partial charge on any atom is -0.338 e. The molecule has 21 heavy (non-hydrogen) atoms. The van der Waals surface area contributed by atoms with Crippen LogP contribution in [0.4, 0.5) is 0 Å². The van der Waals surface area contributed by atoms with Crippen LogP contribution in [0, 0.1) is 0 Å². The van der Waals surface area contributed by atoms with Gasteiger partial charge in [-0.05, 0) is 45.5 Å². The second kappa shape index (κ2) is 7.25. The van der Waals surface area contributed by atoms with E-state index in [0.29, 0.717) is 17.0 Å². The summed E-state index contributed by atoms with van der Waals surface area (Å²) in [6, 6.07) is 8.05. The fourth-order valence-electron chi connectivity index (χ4n) is 1.97. The molecule has 1 aromatic carbocycles. The lowest BCUT2D eigenvalue weighted by molar-refractivity contribution is 0.329. The van der Waals surface area contributed by atoms with Gasteiger partial charge in [0.25, 0.3) is 0 Å². The summed E-state index contributed by atoms with van der Waals surface area (Å²) in [6.45, 7) is 6.19. The first-order chi connectivity index (χ1) is 9.43. The molecule has 0 amide bonds. The van der Waals surface area contributed by atoms with Crippen LogP contribution in [-0.4, -0.2) is 23.2 Å². The van der Waals surface area contributed by atoms with Crippen molar-refractivity contribution >= 4 is 24.0 Å². The molecule has 1 atom stereocenters. The monoisotopic (exact) mass is 329 g/mol. The lowest BCUT2D eigenvalue weighted by Crippen LogP contribution is -2.24. The predicted octanol–water partition coefficient (Wildman–Crippen LogP) is 3.62. The number of aromatic nitrogens is 2. The highest BCUT2D eigenvalue weighted by atomic mass is 35.5. The van der Waals surface area contributed by atoms with E-state index in [1.165, 1.54) is 0 Å². The molecule has 1 heterocycles. The molecule has 0 aliphatic carbocycles. The van der Waals surface area contributed by atoms with Gasteiger partial charge in [-0.1, -0.05) is 28.9 Å². The van der Waals surface area contributed by atoms with Gasteiger partial charge in [0.05, 0.1) is 5.41 Å². The summed E-state index contributed by atoms with van der Waals surface area (Å²) in [5.74, 6) is 1.33. The molecule has 4 nitrogen and oxygen atoms in total. The molecule has 0 aliphatic rings. The maximum atomic E-state index is 6.06. The van der Waals surface area contributed by atoms with Crippen molar-refractivity contribution in [3.8, 4) is 0 Å². The van der Waals surface area contributed by atoms with E-state index < -0.39 is 0 Å². The van der Waals surface area contributed by atoms with Gasteiger partial charge < -0.3 is 9.84 Å². The molecule has 1 aromatic heterocycles. The van der Waals surface area contributed by atoms with Crippen LogP contribution >= 0.6 is 24.0 Å². The summed E-state index contributed by atoms with van der Waals surface area (Å²) in [6.07, 6.45) is 0.742. The van der Waals surface area contributed by atoms with E-state index in [4.69, 9.17) is 16.1 Å². The number of hydrogen-bond acceptors (Lipinski definition) is 4. The number of benzene rings is 1. The van der Waals surface area contributed by atoms with Crippen molar-refractivity contribution in [2.24, 2.45) is 0 Å². The molecular formula is C15H21Cl2N3O. The van der Waals surface area contributed by atoms with Crippen LogP contribution in [0.2, 0.25) is 5.02 Å². The third kappa shape index (κ3) is 4.19. The highest BCUT2D eigenvalue weighted by Crippen LogP contribution is 2.31. The molecule has 0 bridgehead atoms. The van der Waals surface area contributed by atoms with Gasteiger partial charge in [-0.3, -0.25) is 0 Å². The average molecular weight is 330 g/mol. The quantitative estimate of drug-likeness (QED) is 0.910. The maximum Gasteiger partial charge on any atom is 0.236 e. The van der Waals surface area contributed by atoms with Crippen molar-refractivity contribution in [1.82, 2.24) is 15.5 Å². The summed E-state index contributed by atoms with van der Waals surface area (Å²) >= 11 is 6.06. The van der Waals surface area contributed by atoms with E-state index in [9.17, 15) is 0 Å². The summed E-state index contributed by atoms with van der Waals surface area (Å²) in [5, 5.41) is 7.93. The summed E-state index contributed by atoms with van der Waals surface area (Å²) in [4.78, 5) is 4.52. The van der Waals surface area contributed by atoms with E-state index in [1.807, 2.05) is 31.3 Å². The van der Waals surface area contributed by atoms with Gasteiger partial charge in [0, 0.05) is 17.5 Å². The number of likely N-dealkylation sites (N-methyl/N-ethyl adjacent to an activating group) is 1. The molecular weight excluding hydrogens is 309 g/mol. The predicted molar refractivity (Wildman–Crippen MR) is 87.4 cm³/mol. The fourth-order valence-corrected chi connectivity index (χ4v) is 2.16. The SMILES string of the molecule is CNC(C)Cc1noc(C(C)(C)c2cccc(Cl)c2)n1.Cl. The average Bonchev–Trinajstić information content (AvgIpc) is 2.87. The molecule has 2 rings (SSSR count). The van der Waals surface area contributed by atoms with E-state index in [-0.39, 0.29) is 17.8 Å². The molecule has 0 spiro atoms. The Morgan fingerprint density at radius 2 is 2.10 bits per heavy atom. The first-order valence-electron chi connectivity index (χ1n) is 6.70.